The number of piperidine rings is 1. The van der Waals surface area contributed by atoms with E-state index in [0.29, 0.717) is 23.0 Å². The topological polar surface area (TPSA) is 79.0 Å². The minimum atomic E-state index is -3.54. The molecule has 0 spiro atoms. The Morgan fingerprint density at radius 2 is 1.76 bits per heavy atom. The van der Waals surface area contributed by atoms with Crippen molar-refractivity contribution in [2.24, 2.45) is 0 Å². The molecule has 2 aliphatic heterocycles. The fourth-order valence-corrected chi connectivity index (χ4v) is 5.43. The third-order valence-electron chi connectivity index (χ3n) is 6.09. The van der Waals surface area contributed by atoms with Crippen molar-refractivity contribution >= 4 is 33.2 Å². The zero-order chi connectivity index (χ0) is 23.4. The van der Waals surface area contributed by atoms with Gasteiger partial charge in [-0.1, -0.05) is 42.3 Å². The first-order chi connectivity index (χ1) is 15.8. The lowest BCUT2D eigenvalue weighted by Gasteiger charge is -2.26. The average Bonchev–Trinajstić information content (AvgIpc) is 2.98. The van der Waals surface area contributed by atoms with Gasteiger partial charge in [0.1, 0.15) is 5.75 Å². The van der Waals surface area contributed by atoms with Crippen LogP contribution in [0.3, 0.4) is 0 Å². The number of benzene rings is 2. The van der Waals surface area contributed by atoms with Crippen LogP contribution < -0.4 is 14.4 Å². The smallest absolute Gasteiger partial charge is 0.261 e. The van der Waals surface area contributed by atoms with Crippen molar-refractivity contribution in [2.45, 2.75) is 44.9 Å². The van der Waals surface area contributed by atoms with E-state index >= 15 is 0 Å². The molecule has 9 heteroatoms. The van der Waals surface area contributed by atoms with Crippen LogP contribution in [0, 0.1) is 0 Å². The molecular weight excluding hydrogens is 462 g/mol. The zero-order valence-electron chi connectivity index (χ0n) is 18.8. The average molecular weight is 492 g/mol. The maximum Gasteiger partial charge on any atom is 0.261 e. The third kappa shape index (κ3) is 6.19. The van der Waals surface area contributed by atoms with E-state index in [9.17, 15) is 13.2 Å². The number of likely N-dealkylation sites (tertiary alicyclic amines) is 1. The van der Waals surface area contributed by atoms with E-state index in [4.69, 9.17) is 16.3 Å². The summed E-state index contributed by atoms with van der Waals surface area (Å²) in [6.45, 7) is 3.79. The van der Waals surface area contributed by atoms with Crippen molar-refractivity contribution in [3.63, 3.8) is 0 Å². The van der Waals surface area contributed by atoms with E-state index in [1.165, 1.54) is 29.1 Å². The summed E-state index contributed by atoms with van der Waals surface area (Å²) >= 11 is 6.07. The van der Waals surface area contributed by atoms with Gasteiger partial charge >= 0.3 is 0 Å². The van der Waals surface area contributed by atoms with Gasteiger partial charge in [0.05, 0.1) is 11.9 Å². The number of hydrogen-bond donors (Lipinski definition) is 1. The van der Waals surface area contributed by atoms with Crippen molar-refractivity contribution in [2.75, 3.05) is 30.2 Å². The Balaban J connectivity index is 1.37. The SMILES string of the molecule is CS(=O)(=O)N1CCC(C(=O)NCc2ccc(CN3CCCCC3)cc2)Oc2ccc(Cl)cc21. The van der Waals surface area contributed by atoms with Crippen LogP contribution in [0.1, 0.15) is 36.8 Å². The van der Waals surface area contributed by atoms with Crippen LogP contribution in [-0.4, -0.2) is 51.2 Å². The zero-order valence-corrected chi connectivity index (χ0v) is 20.4. The summed E-state index contributed by atoms with van der Waals surface area (Å²) in [5.41, 5.74) is 2.63. The second-order valence-corrected chi connectivity index (χ2v) is 11.1. The number of anilines is 1. The van der Waals surface area contributed by atoms with E-state index in [0.717, 1.165) is 31.5 Å². The largest absolute Gasteiger partial charge is 0.478 e. The molecule has 2 aromatic rings. The molecule has 1 fully saturated rings. The number of carbonyl (C=O) groups excluding carboxylic acids is 1. The van der Waals surface area contributed by atoms with Crippen LogP contribution in [0.4, 0.5) is 5.69 Å². The molecule has 1 amide bonds. The van der Waals surface area contributed by atoms with Crippen molar-refractivity contribution < 1.29 is 17.9 Å². The molecule has 7 nitrogen and oxygen atoms in total. The Hall–Kier alpha value is -2.29. The van der Waals surface area contributed by atoms with Crippen LogP contribution in [0.15, 0.2) is 42.5 Å². The number of ether oxygens (including phenoxy) is 1. The van der Waals surface area contributed by atoms with E-state index < -0.39 is 16.1 Å². The second kappa shape index (κ2) is 10.3. The standard InChI is InChI=1S/C24H30ClN3O4S/c1-33(30,31)28-14-11-23(32-22-10-9-20(25)15-21(22)28)24(29)26-16-18-5-7-19(8-6-18)17-27-12-3-2-4-13-27/h5-10,15,23H,2-4,11-14,16-17H2,1H3,(H,26,29). The maximum absolute atomic E-state index is 12.9. The number of nitrogens with one attached hydrogen (secondary N) is 1. The first-order valence-corrected chi connectivity index (χ1v) is 13.5. The minimum Gasteiger partial charge on any atom is -0.478 e. The lowest BCUT2D eigenvalue weighted by atomic mass is 10.1. The Bertz CT molecular complexity index is 1090. The molecule has 33 heavy (non-hydrogen) atoms. The molecule has 178 valence electrons. The third-order valence-corrected chi connectivity index (χ3v) is 7.51. The number of halogens is 1. The van der Waals surface area contributed by atoms with Gasteiger partial charge in [0.15, 0.2) is 6.10 Å². The minimum absolute atomic E-state index is 0.134. The van der Waals surface area contributed by atoms with E-state index in [1.54, 1.807) is 18.2 Å². The van der Waals surface area contributed by atoms with Crippen molar-refractivity contribution in [1.82, 2.24) is 10.2 Å². The summed E-state index contributed by atoms with van der Waals surface area (Å²) < 4.78 is 31.7. The monoisotopic (exact) mass is 491 g/mol. The Morgan fingerprint density at radius 3 is 2.45 bits per heavy atom. The van der Waals surface area contributed by atoms with Gasteiger partial charge in [-0.2, -0.15) is 0 Å². The van der Waals surface area contributed by atoms with E-state index in [2.05, 4.69) is 22.3 Å². The van der Waals surface area contributed by atoms with Gasteiger partial charge in [0, 0.05) is 31.1 Å². The number of amides is 1. The highest BCUT2D eigenvalue weighted by Gasteiger charge is 2.31. The molecule has 0 radical (unpaired) electrons. The summed E-state index contributed by atoms with van der Waals surface area (Å²) in [6, 6.07) is 13.1. The van der Waals surface area contributed by atoms with Crippen LogP contribution in [0.5, 0.6) is 5.75 Å². The van der Waals surface area contributed by atoms with E-state index in [-0.39, 0.29) is 18.9 Å². The molecule has 0 aliphatic carbocycles. The van der Waals surface area contributed by atoms with Crippen LogP contribution in [0.25, 0.3) is 0 Å². The summed E-state index contributed by atoms with van der Waals surface area (Å²) in [6.07, 6.45) is 4.44. The predicted molar refractivity (Wildman–Crippen MR) is 130 cm³/mol. The van der Waals surface area contributed by atoms with Gasteiger partial charge in [0.2, 0.25) is 10.0 Å². The van der Waals surface area contributed by atoms with Crippen molar-refractivity contribution in [3.05, 3.63) is 58.6 Å². The Morgan fingerprint density at radius 1 is 1.06 bits per heavy atom. The van der Waals surface area contributed by atoms with Crippen LogP contribution >= 0.6 is 11.6 Å². The fourth-order valence-electron chi connectivity index (χ4n) is 4.32. The molecule has 1 unspecified atom stereocenters. The van der Waals surface area contributed by atoms with Crippen LogP contribution in [0.2, 0.25) is 5.02 Å². The number of hydrogen-bond acceptors (Lipinski definition) is 5. The van der Waals surface area contributed by atoms with E-state index in [1.807, 2.05) is 12.1 Å². The normalized spacial score (nSPS) is 19.3. The second-order valence-electron chi connectivity index (χ2n) is 8.71. The quantitative estimate of drug-likeness (QED) is 0.668. The number of rotatable bonds is 6. The summed E-state index contributed by atoms with van der Waals surface area (Å²) in [4.78, 5) is 15.3. The van der Waals surface area contributed by atoms with Crippen molar-refractivity contribution in [1.29, 1.82) is 0 Å². The molecule has 0 saturated carbocycles. The maximum atomic E-state index is 12.9. The highest BCUT2D eigenvalue weighted by molar-refractivity contribution is 7.92. The molecule has 0 bridgehead atoms. The van der Waals surface area contributed by atoms with Gasteiger partial charge in [-0.25, -0.2) is 8.42 Å². The fraction of sp³-hybridized carbons (Fsp3) is 0.458. The molecule has 4 rings (SSSR count). The Kier molecular flexibility index (Phi) is 7.46. The van der Waals surface area contributed by atoms with Gasteiger partial charge in [-0.15, -0.1) is 0 Å². The highest BCUT2D eigenvalue weighted by atomic mass is 35.5. The van der Waals surface area contributed by atoms with Crippen LogP contribution in [-0.2, 0) is 27.9 Å². The summed E-state index contributed by atoms with van der Waals surface area (Å²) in [5, 5.41) is 3.33. The number of fused-ring (bicyclic) bond motifs is 1. The molecule has 1 atom stereocenters. The van der Waals surface area contributed by atoms with Crippen molar-refractivity contribution in [3.8, 4) is 5.75 Å². The molecule has 2 aromatic carbocycles. The lowest BCUT2D eigenvalue weighted by molar-refractivity contribution is -0.128. The molecule has 2 heterocycles. The van der Waals surface area contributed by atoms with Gasteiger partial charge < -0.3 is 10.1 Å². The first-order valence-electron chi connectivity index (χ1n) is 11.3. The molecule has 0 aromatic heterocycles. The molecular formula is C24H30ClN3O4S. The molecule has 1 N–H and O–H groups in total. The molecule has 1 saturated heterocycles. The number of nitrogens with zero attached hydrogens (tertiary/aromatic N) is 2. The van der Waals surface area contributed by atoms with Gasteiger partial charge in [-0.3, -0.25) is 14.0 Å². The number of carbonyl (C=O) groups is 1. The van der Waals surface area contributed by atoms with Gasteiger partial charge in [-0.05, 0) is 55.3 Å². The predicted octanol–water partition coefficient (Wildman–Crippen LogP) is 3.56. The Labute approximate surface area is 200 Å². The summed E-state index contributed by atoms with van der Waals surface area (Å²) in [7, 11) is -3.54. The summed E-state index contributed by atoms with van der Waals surface area (Å²) in [5.74, 6) is 0.0492. The lowest BCUT2D eigenvalue weighted by Crippen LogP contribution is -2.39. The highest BCUT2D eigenvalue weighted by Crippen LogP contribution is 2.36. The first kappa shape index (κ1) is 23.9. The number of sulfonamides is 1. The van der Waals surface area contributed by atoms with Gasteiger partial charge in [0.25, 0.3) is 5.91 Å². The molecule has 2 aliphatic rings.